The summed E-state index contributed by atoms with van der Waals surface area (Å²) >= 11 is 0. The van der Waals surface area contributed by atoms with E-state index in [9.17, 15) is 4.79 Å². The summed E-state index contributed by atoms with van der Waals surface area (Å²) in [5, 5.41) is 2.99. The van der Waals surface area contributed by atoms with Gasteiger partial charge in [0.1, 0.15) is 0 Å². The number of carbonyl (C=O) groups excluding carboxylic acids is 1. The van der Waals surface area contributed by atoms with E-state index in [2.05, 4.69) is 10.3 Å². The smallest absolute Gasteiger partial charge is 0.253 e. The number of nitrogens with one attached hydrogen (secondary N) is 1. The maximum absolute atomic E-state index is 11.6. The molecule has 0 bridgehead atoms. The molecule has 0 aromatic carbocycles. The first-order valence-corrected chi connectivity index (χ1v) is 4.46. The Hall–Kier alpha value is -1.42. The van der Waals surface area contributed by atoms with E-state index in [0.717, 1.165) is 5.69 Å². The molecule has 0 aliphatic rings. The Kier molecular flexibility index (Phi) is 3.59. The van der Waals surface area contributed by atoms with Gasteiger partial charge in [0, 0.05) is 32.4 Å². The van der Waals surface area contributed by atoms with Crippen LogP contribution >= 0.6 is 0 Å². The minimum atomic E-state index is 0.00440. The molecule has 4 heteroatoms. The summed E-state index contributed by atoms with van der Waals surface area (Å²) < 4.78 is 0. The summed E-state index contributed by atoms with van der Waals surface area (Å²) in [4.78, 5) is 17.3. The first-order valence-electron chi connectivity index (χ1n) is 4.46. The maximum Gasteiger partial charge on any atom is 0.253 e. The lowest BCUT2D eigenvalue weighted by atomic mass is 10.2. The number of hydrogen-bond acceptors (Lipinski definition) is 3. The number of carbonyl (C=O) groups is 1. The van der Waals surface area contributed by atoms with Crippen molar-refractivity contribution in [1.29, 1.82) is 0 Å². The average Bonchev–Trinajstić information content (AvgIpc) is 2.17. The van der Waals surface area contributed by atoms with Crippen molar-refractivity contribution in [1.82, 2.24) is 15.2 Å². The SMILES string of the molecule is CNCc1cc(C(=O)N(C)C)ccn1. The van der Waals surface area contributed by atoms with E-state index < -0.39 is 0 Å². The van der Waals surface area contributed by atoms with Crippen molar-refractivity contribution in [3.8, 4) is 0 Å². The van der Waals surface area contributed by atoms with E-state index >= 15 is 0 Å². The van der Waals surface area contributed by atoms with Gasteiger partial charge in [-0.1, -0.05) is 0 Å². The molecule has 1 aromatic rings. The molecular formula is C10H15N3O. The fraction of sp³-hybridized carbons (Fsp3) is 0.400. The van der Waals surface area contributed by atoms with Gasteiger partial charge in [0.15, 0.2) is 0 Å². The van der Waals surface area contributed by atoms with Crippen LogP contribution < -0.4 is 5.32 Å². The van der Waals surface area contributed by atoms with Gasteiger partial charge in [-0.3, -0.25) is 9.78 Å². The van der Waals surface area contributed by atoms with Crippen molar-refractivity contribution >= 4 is 5.91 Å². The molecule has 1 rings (SSSR count). The van der Waals surface area contributed by atoms with Gasteiger partial charge in [-0.25, -0.2) is 0 Å². The zero-order chi connectivity index (χ0) is 10.6. The largest absolute Gasteiger partial charge is 0.345 e. The van der Waals surface area contributed by atoms with Crippen molar-refractivity contribution in [2.45, 2.75) is 6.54 Å². The summed E-state index contributed by atoms with van der Waals surface area (Å²) in [7, 11) is 5.32. The molecule has 1 aromatic heterocycles. The minimum Gasteiger partial charge on any atom is -0.345 e. The van der Waals surface area contributed by atoms with Crippen LogP contribution in [0.4, 0.5) is 0 Å². The topological polar surface area (TPSA) is 45.2 Å². The summed E-state index contributed by atoms with van der Waals surface area (Å²) in [6.07, 6.45) is 1.66. The Morgan fingerprint density at radius 1 is 1.57 bits per heavy atom. The van der Waals surface area contributed by atoms with Gasteiger partial charge < -0.3 is 10.2 Å². The predicted molar refractivity (Wildman–Crippen MR) is 55.0 cm³/mol. The van der Waals surface area contributed by atoms with E-state index in [0.29, 0.717) is 12.1 Å². The second-order valence-corrected chi connectivity index (χ2v) is 3.27. The van der Waals surface area contributed by atoms with Gasteiger partial charge in [-0.15, -0.1) is 0 Å². The van der Waals surface area contributed by atoms with Crippen molar-refractivity contribution in [3.63, 3.8) is 0 Å². The highest BCUT2D eigenvalue weighted by atomic mass is 16.2. The second-order valence-electron chi connectivity index (χ2n) is 3.27. The highest BCUT2D eigenvalue weighted by molar-refractivity contribution is 5.93. The van der Waals surface area contributed by atoms with Crippen molar-refractivity contribution < 1.29 is 4.79 Å². The Balaban J connectivity index is 2.88. The molecule has 1 amide bonds. The van der Waals surface area contributed by atoms with Gasteiger partial charge in [-0.05, 0) is 19.2 Å². The molecule has 14 heavy (non-hydrogen) atoms. The third-order valence-corrected chi connectivity index (χ3v) is 1.83. The lowest BCUT2D eigenvalue weighted by molar-refractivity contribution is 0.0827. The highest BCUT2D eigenvalue weighted by Crippen LogP contribution is 2.03. The summed E-state index contributed by atoms with van der Waals surface area (Å²) in [6, 6.07) is 3.53. The standard InChI is InChI=1S/C10H15N3O/c1-11-7-9-6-8(4-5-12-9)10(14)13(2)3/h4-6,11H,7H2,1-3H3. The zero-order valence-corrected chi connectivity index (χ0v) is 8.74. The molecular weight excluding hydrogens is 178 g/mol. The Labute approximate surface area is 83.9 Å². The summed E-state index contributed by atoms with van der Waals surface area (Å²) in [5.41, 5.74) is 1.55. The summed E-state index contributed by atoms with van der Waals surface area (Å²) in [6.45, 7) is 0.675. The lowest BCUT2D eigenvalue weighted by Gasteiger charge is -2.10. The van der Waals surface area contributed by atoms with E-state index in [1.807, 2.05) is 7.05 Å². The Morgan fingerprint density at radius 2 is 2.29 bits per heavy atom. The minimum absolute atomic E-state index is 0.00440. The molecule has 1 heterocycles. The molecule has 1 N–H and O–H groups in total. The molecule has 0 atom stereocenters. The Bertz CT molecular complexity index is 323. The fourth-order valence-corrected chi connectivity index (χ4v) is 1.15. The molecule has 0 saturated carbocycles. The number of nitrogens with zero attached hydrogens (tertiary/aromatic N) is 2. The van der Waals surface area contributed by atoms with Crippen LogP contribution in [0.1, 0.15) is 16.1 Å². The average molecular weight is 193 g/mol. The van der Waals surface area contributed by atoms with Crippen LogP contribution in [0.15, 0.2) is 18.3 Å². The van der Waals surface area contributed by atoms with Crippen LogP contribution in [-0.2, 0) is 6.54 Å². The number of amides is 1. The molecule has 0 fully saturated rings. The van der Waals surface area contributed by atoms with Gasteiger partial charge in [0.2, 0.25) is 0 Å². The first-order chi connectivity index (χ1) is 6.65. The number of rotatable bonds is 3. The number of pyridine rings is 1. The van der Waals surface area contributed by atoms with Crippen LogP contribution in [-0.4, -0.2) is 36.9 Å². The third kappa shape index (κ3) is 2.53. The monoisotopic (exact) mass is 193 g/mol. The quantitative estimate of drug-likeness (QED) is 0.760. The van der Waals surface area contributed by atoms with E-state index in [1.165, 1.54) is 0 Å². The van der Waals surface area contributed by atoms with Crippen LogP contribution in [0, 0.1) is 0 Å². The van der Waals surface area contributed by atoms with Crippen molar-refractivity contribution in [3.05, 3.63) is 29.6 Å². The zero-order valence-electron chi connectivity index (χ0n) is 8.74. The molecule has 76 valence electrons. The van der Waals surface area contributed by atoms with Crippen LogP contribution in [0.5, 0.6) is 0 Å². The molecule has 0 radical (unpaired) electrons. The van der Waals surface area contributed by atoms with E-state index in [4.69, 9.17) is 0 Å². The Morgan fingerprint density at radius 3 is 2.86 bits per heavy atom. The number of aromatic nitrogens is 1. The second kappa shape index (κ2) is 4.72. The predicted octanol–water partition coefficient (Wildman–Crippen LogP) is 0.503. The van der Waals surface area contributed by atoms with Crippen LogP contribution in [0.3, 0.4) is 0 Å². The fourth-order valence-electron chi connectivity index (χ4n) is 1.15. The van der Waals surface area contributed by atoms with Crippen molar-refractivity contribution in [2.75, 3.05) is 21.1 Å². The van der Waals surface area contributed by atoms with Gasteiger partial charge in [0.25, 0.3) is 5.91 Å². The molecule has 0 saturated heterocycles. The van der Waals surface area contributed by atoms with E-state index in [-0.39, 0.29) is 5.91 Å². The normalized spacial score (nSPS) is 9.93. The summed E-state index contributed by atoms with van der Waals surface area (Å²) in [5.74, 6) is 0.00440. The molecule has 0 aliphatic carbocycles. The maximum atomic E-state index is 11.6. The third-order valence-electron chi connectivity index (χ3n) is 1.83. The number of hydrogen-bond donors (Lipinski definition) is 1. The van der Waals surface area contributed by atoms with Crippen LogP contribution in [0.2, 0.25) is 0 Å². The first kappa shape index (κ1) is 10.7. The molecule has 4 nitrogen and oxygen atoms in total. The van der Waals surface area contributed by atoms with Gasteiger partial charge in [-0.2, -0.15) is 0 Å². The lowest BCUT2D eigenvalue weighted by Crippen LogP contribution is -2.22. The van der Waals surface area contributed by atoms with Crippen molar-refractivity contribution in [2.24, 2.45) is 0 Å². The molecule has 0 unspecified atom stereocenters. The molecule has 0 spiro atoms. The van der Waals surface area contributed by atoms with Gasteiger partial charge in [0.05, 0.1) is 5.69 Å². The van der Waals surface area contributed by atoms with Crippen LogP contribution in [0.25, 0.3) is 0 Å². The molecule has 0 aliphatic heterocycles. The van der Waals surface area contributed by atoms with E-state index in [1.54, 1.807) is 37.3 Å². The van der Waals surface area contributed by atoms with Gasteiger partial charge >= 0.3 is 0 Å². The highest BCUT2D eigenvalue weighted by Gasteiger charge is 2.07.